The van der Waals surface area contributed by atoms with Crippen LogP contribution in [0.15, 0.2) is 42.5 Å². The van der Waals surface area contributed by atoms with E-state index in [0.717, 1.165) is 17.9 Å². The van der Waals surface area contributed by atoms with Gasteiger partial charge in [-0.25, -0.2) is 0 Å². The monoisotopic (exact) mass is 255 g/mol. The third-order valence-electron chi connectivity index (χ3n) is 3.58. The summed E-state index contributed by atoms with van der Waals surface area (Å²) in [6.07, 6.45) is 1.01. The third-order valence-corrected chi connectivity index (χ3v) is 3.58. The molecule has 2 aromatic rings. The summed E-state index contributed by atoms with van der Waals surface area (Å²) in [4.78, 5) is 0. The highest BCUT2D eigenvalue weighted by molar-refractivity contribution is 5.59. The summed E-state index contributed by atoms with van der Waals surface area (Å²) < 4.78 is 10.6. The van der Waals surface area contributed by atoms with Crippen molar-refractivity contribution in [2.45, 2.75) is 12.5 Å². The first kappa shape index (κ1) is 11.9. The van der Waals surface area contributed by atoms with E-state index >= 15 is 0 Å². The fraction of sp³-hybridized carbons (Fsp3) is 0.250. The summed E-state index contributed by atoms with van der Waals surface area (Å²) in [5.74, 6) is 1.54. The van der Waals surface area contributed by atoms with Crippen molar-refractivity contribution in [1.82, 2.24) is 0 Å². The average molecular weight is 255 g/mol. The van der Waals surface area contributed by atoms with Crippen LogP contribution in [0.3, 0.4) is 0 Å². The maximum atomic E-state index is 5.36. The van der Waals surface area contributed by atoms with E-state index in [0.29, 0.717) is 6.04 Å². The van der Waals surface area contributed by atoms with Crippen LogP contribution in [0.2, 0.25) is 0 Å². The van der Waals surface area contributed by atoms with E-state index in [1.807, 2.05) is 12.1 Å². The van der Waals surface area contributed by atoms with Gasteiger partial charge in [0.05, 0.1) is 20.3 Å². The van der Waals surface area contributed by atoms with Crippen LogP contribution in [0.4, 0.5) is 5.69 Å². The molecule has 98 valence electrons. The lowest BCUT2D eigenvalue weighted by Gasteiger charge is -2.14. The predicted octanol–water partition coefficient (Wildman–Crippen LogP) is 3.41. The summed E-state index contributed by atoms with van der Waals surface area (Å²) in [7, 11) is 3.32. The molecule has 0 bridgehead atoms. The van der Waals surface area contributed by atoms with Crippen LogP contribution in [-0.2, 0) is 6.42 Å². The highest BCUT2D eigenvalue weighted by Gasteiger charge is 2.22. The van der Waals surface area contributed by atoms with E-state index in [2.05, 4.69) is 35.6 Å². The molecule has 1 atom stereocenters. The standard InChI is InChI=1S/C16H17NO2/c1-18-15-8-7-12(10-16(15)19-2)14-9-11-5-3-4-6-13(11)17-14/h3-8,10,14,17H,9H2,1-2H3. The number of benzene rings is 2. The number of ether oxygens (including phenoxy) is 2. The summed E-state index contributed by atoms with van der Waals surface area (Å²) >= 11 is 0. The van der Waals surface area contributed by atoms with Crippen LogP contribution in [0.25, 0.3) is 0 Å². The van der Waals surface area contributed by atoms with Gasteiger partial charge < -0.3 is 14.8 Å². The van der Waals surface area contributed by atoms with Gasteiger partial charge in [0.1, 0.15) is 0 Å². The lowest BCUT2D eigenvalue weighted by molar-refractivity contribution is 0.354. The third kappa shape index (κ3) is 2.12. The SMILES string of the molecule is COc1ccc(C2Cc3ccccc3N2)cc1OC. The van der Waals surface area contributed by atoms with E-state index in [-0.39, 0.29) is 0 Å². The second-order valence-corrected chi connectivity index (χ2v) is 4.67. The summed E-state index contributed by atoms with van der Waals surface area (Å²) in [5, 5.41) is 3.54. The normalized spacial score (nSPS) is 16.6. The Balaban J connectivity index is 1.89. The molecule has 2 aromatic carbocycles. The molecule has 0 saturated carbocycles. The predicted molar refractivity (Wildman–Crippen MR) is 76.1 cm³/mol. The molecule has 0 aliphatic carbocycles. The summed E-state index contributed by atoms with van der Waals surface area (Å²) in [6, 6.07) is 14.8. The average Bonchev–Trinajstić information content (AvgIpc) is 2.90. The highest BCUT2D eigenvalue weighted by atomic mass is 16.5. The highest BCUT2D eigenvalue weighted by Crippen LogP contribution is 2.37. The van der Waals surface area contributed by atoms with Crippen molar-refractivity contribution in [2.24, 2.45) is 0 Å². The number of rotatable bonds is 3. The molecule has 1 unspecified atom stereocenters. The number of hydrogen-bond acceptors (Lipinski definition) is 3. The number of anilines is 1. The minimum Gasteiger partial charge on any atom is -0.493 e. The number of hydrogen-bond donors (Lipinski definition) is 1. The van der Waals surface area contributed by atoms with Crippen molar-refractivity contribution in [1.29, 1.82) is 0 Å². The Bertz CT molecular complexity index is 570. The maximum Gasteiger partial charge on any atom is 0.161 e. The molecule has 0 saturated heterocycles. The van der Waals surface area contributed by atoms with Gasteiger partial charge in [-0.15, -0.1) is 0 Å². The van der Waals surface area contributed by atoms with E-state index in [1.54, 1.807) is 14.2 Å². The van der Waals surface area contributed by atoms with Crippen molar-refractivity contribution in [2.75, 3.05) is 19.5 Å². The summed E-state index contributed by atoms with van der Waals surface area (Å²) in [5.41, 5.74) is 3.80. The molecule has 0 spiro atoms. The zero-order valence-electron chi connectivity index (χ0n) is 11.1. The van der Waals surface area contributed by atoms with Gasteiger partial charge in [0, 0.05) is 5.69 Å². The Labute approximate surface area is 113 Å². The van der Waals surface area contributed by atoms with Gasteiger partial charge in [0.25, 0.3) is 0 Å². The minimum atomic E-state index is 0.303. The largest absolute Gasteiger partial charge is 0.493 e. The van der Waals surface area contributed by atoms with Gasteiger partial charge in [-0.1, -0.05) is 24.3 Å². The molecule has 1 heterocycles. The number of nitrogens with one attached hydrogen (secondary N) is 1. The fourth-order valence-electron chi connectivity index (χ4n) is 2.57. The van der Waals surface area contributed by atoms with Crippen LogP contribution in [0.5, 0.6) is 11.5 Å². The zero-order valence-corrected chi connectivity index (χ0v) is 11.1. The fourth-order valence-corrected chi connectivity index (χ4v) is 2.57. The van der Waals surface area contributed by atoms with E-state index in [4.69, 9.17) is 9.47 Å². The lowest BCUT2D eigenvalue weighted by Crippen LogP contribution is -2.06. The van der Waals surface area contributed by atoms with Crippen LogP contribution in [-0.4, -0.2) is 14.2 Å². The molecular weight excluding hydrogens is 238 g/mol. The van der Waals surface area contributed by atoms with Gasteiger partial charge in [0.15, 0.2) is 11.5 Å². The van der Waals surface area contributed by atoms with Crippen LogP contribution >= 0.6 is 0 Å². The molecule has 0 amide bonds. The van der Waals surface area contributed by atoms with Gasteiger partial charge in [-0.05, 0) is 35.7 Å². The number of methoxy groups -OCH3 is 2. The molecule has 0 fully saturated rings. The van der Waals surface area contributed by atoms with E-state index in [1.165, 1.54) is 16.8 Å². The topological polar surface area (TPSA) is 30.5 Å². The molecule has 0 aromatic heterocycles. The van der Waals surface area contributed by atoms with Crippen molar-refractivity contribution in [3.63, 3.8) is 0 Å². The number of fused-ring (bicyclic) bond motifs is 1. The Morgan fingerprint density at radius 2 is 1.79 bits per heavy atom. The van der Waals surface area contributed by atoms with Gasteiger partial charge in [-0.3, -0.25) is 0 Å². The quantitative estimate of drug-likeness (QED) is 0.911. The van der Waals surface area contributed by atoms with Crippen molar-refractivity contribution in [3.05, 3.63) is 53.6 Å². The van der Waals surface area contributed by atoms with Gasteiger partial charge in [-0.2, -0.15) is 0 Å². The molecule has 1 aliphatic heterocycles. The smallest absolute Gasteiger partial charge is 0.161 e. The van der Waals surface area contributed by atoms with Crippen LogP contribution in [0.1, 0.15) is 17.2 Å². The van der Waals surface area contributed by atoms with Crippen molar-refractivity contribution < 1.29 is 9.47 Å². The maximum absolute atomic E-state index is 5.36. The van der Waals surface area contributed by atoms with Gasteiger partial charge in [0.2, 0.25) is 0 Å². The van der Waals surface area contributed by atoms with E-state index in [9.17, 15) is 0 Å². The number of para-hydroxylation sites is 1. The van der Waals surface area contributed by atoms with E-state index < -0.39 is 0 Å². The first-order valence-electron chi connectivity index (χ1n) is 6.38. The first-order chi connectivity index (χ1) is 9.31. The molecule has 1 aliphatic rings. The van der Waals surface area contributed by atoms with Crippen LogP contribution < -0.4 is 14.8 Å². The van der Waals surface area contributed by atoms with Crippen LogP contribution in [0, 0.1) is 0 Å². The first-order valence-corrected chi connectivity index (χ1v) is 6.38. The molecule has 3 rings (SSSR count). The van der Waals surface area contributed by atoms with Crippen molar-refractivity contribution in [3.8, 4) is 11.5 Å². The van der Waals surface area contributed by atoms with Gasteiger partial charge >= 0.3 is 0 Å². The second-order valence-electron chi connectivity index (χ2n) is 4.67. The molecule has 19 heavy (non-hydrogen) atoms. The Morgan fingerprint density at radius 3 is 2.53 bits per heavy atom. The Kier molecular flexibility index (Phi) is 3.03. The molecule has 0 radical (unpaired) electrons. The molecule has 1 N–H and O–H groups in total. The second kappa shape index (κ2) is 4.84. The van der Waals surface area contributed by atoms with Crippen molar-refractivity contribution >= 4 is 5.69 Å². The summed E-state index contributed by atoms with van der Waals surface area (Å²) in [6.45, 7) is 0. The minimum absolute atomic E-state index is 0.303. The Hall–Kier alpha value is -2.16. The molecule has 3 heteroatoms. The molecule has 3 nitrogen and oxygen atoms in total. The lowest BCUT2D eigenvalue weighted by atomic mass is 10.0. The Morgan fingerprint density at radius 1 is 1.00 bits per heavy atom. The zero-order chi connectivity index (χ0) is 13.2. The molecular formula is C16H17NO2.